The number of carbonyl (C=O) groups excluding carboxylic acids is 1. The fraction of sp³-hybridized carbons (Fsp3) is 0.667. The number of aromatic nitrogens is 4. The largest absolute Gasteiger partial charge is 0.417 e. The molecule has 0 amide bonds. The van der Waals surface area contributed by atoms with Crippen molar-refractivity contribution in [1.82, 2.24) is 24.4 Å². The Morgan fingerprint density at radius 3 is 2.24 bits per heavy atom. The van der Waals surface area contributed by atoms with E-state index in [9.17, 15) is 9.59 Å². The first-order valence-corrected chi connectivity index (χ1v) is 21.7. The van der Waals surface area contributed by atoms with Gasteiger partial charge in [0.1, 0.15) is 11.5 Å². The number of likely N-dealkylation sites (tertiary alicyclic amines) is 1. The number of anilines is 2. The molecule has 1 saturated heterocycles. The molecular weight excluding hydrogens is 629 g/mol. The number of pyridine rings is 2. The number of carbonyl (C=O) groups is 1. The van der Waals surface area contributed by atoms with Crippen LogP contribution in [0.3, 0.4) is 0 Å². The summed E-state index contributed by atoms with van der Waals surface area (Å²) in [6, 6.07) is 4.24. The Labute approximate surface area is 293 Å². The van der Waals surface area contributed by atoms with Crippen molar-refractivity contribution >= 4 is 36.9 Å². The Morgan fingerprint density at radius 2 is 1.63 bits per heavy atom. The van der Waals surface area contributed by atoms with Crippen LogP contribution in [-0.2, 0) is 4.43 Å². The Balaban J connectivity index is 1.02. The van der Waals surface area contributed by atoms with E-state index >= 15 is 0 Å². The summed E-state index contributed by atoms with van der Waals surface area (Å²) in [5, 5.41) is 4.30. The van der Waals surface area contributed by atoms with Gasteiger partial charge in [-0.2, -0.15) is 4.98 Å². The van der Waals surface area contributed by atoms with Crippen LogP contribution in [0.25, 0.3) is 11.0 Å². The highest BCUT2D eigenvalue weighted by molar-refractivity contribution is 6.74. The van der Waals surface area contributed by atoms with Gasteiger partial charge in [0.25, 0.3) is 5.56 Å². The van der Waals surface area contributed by atoms with Crippen LogP contribution in [0, 0.1) is 18.8 Å². The molecule has 4 heterocycles. The zero-order chi connectivity index (χ0) is 34.9. The molecule has 266 valence electrons. The van der Waals surface area contributed by atoms with Crippen LogP contribution >= 0.6 is 0 Å². The minimum absolute atomic E-state index is 0.0489. The number of rotatable bonds is 10. The van der Waals surface area contributed by atoms with Gasteiger partial charge >= 0.3 is 0 Å². The van der Waals surface area contributed by atoms with Crippen molar-refractivity contribution in [1.29, 1.82) is 0 Å². The van der Waals surface area contributed by atoms with Crippen LogP contribution in [0.4, 0.5) is 11.8 Å². The summed E-state index contributed by atoms with van der Waals surface area (Å²) in [4.78, 5) is 42.8. The number of nitrogens with one attached hydrogen (secondary N) is 1. The maximum atomic E-state index is 13.5. The average molecular weight is 687 g/mol. The number of ketones is 1. The first-order valence-electron chi connectivity index (χ1n) is 18.8. The van der Waals surface area contributed by atoms with E-state index in [0.717, 1.165) is 75.4 Å². The molecule has 0 bridgehead atoms. The van der Waals surface area contributed by atoms with Crippen LogP contribution in [0.2, 0.25) is 18.1 Å². The Kier molecular flexibility index (Phi) is 10.8. The highest BCUT2D eigenvalue weighted by Crippen LogP contribution is 2.39. The fourth-order valence-corrected chi connectivity index (χ4v) is 9.17. The molecule has 10 heteroatoms. The molecule has 49 heavy (non-hydrogen) atoms. The van der Waals surface area contributed by atoms with Crippen molar-refractivity contribution in [3.8, 4) is 0 Å². The molecule has 0 aromatic carbocycles. The maximum absolute atomic E-state index is 13.5. The third kappa shape index (κ3) is 8.02. The zero-order valence-electron chi connectivity index (χ0n) is 31.0. The van der Waals surface area contributed by atoms with Gasteiger partial charge in [-0.3, -0.25) is 14.2 Å². The highest BCUT2D eigenvalue weighted by Gasteiger charge is 2.38. The minimum atomic E-state index is -1.66. The predicted octanol–water partition coefficient (Wildman–Crippen LogP) is 8.56. The standard InChI is InChI=1S/C39H58N6O3Si/c1-26-33-23-41-38(43-36(33)45(32-10-8-9-11-32)37(47)35(26)27(2)46)42-34-17-16-31(22-40-34)30-18-20-44(21-19-30)24-28-12-14-29(15-13-28)25-48-49(6,7)39(3,4)5/h16-17,22-23,28-30,32H,8-15,18-21,24-25H2,1-7H3,(H,40,41,42,43). The Morgan fingerprint density at radius 1 is 0.959 bits per heavy atom. The molecule has 3 fully saturated rings. The third-order valence-electron chi connectivity index (χ3n) is 12.3. The fourth-order valence-electron chi connectivity index (χ4n) is 8.08. The molecule has 1 aliphatic heterocycles. The number of Topliss-reactive ketones (excluding diaryl/α,β-unsaturated/α-hetero) is 1. The Hall–Kier alpha value is -2.95. The van der Waals surface area contributed by atoms with E-state index in [-0.39, 0.29) is 28.0 Å². The van der Waals surface area contributed by atoms with Gasteiger partial charge in [-0.1, -0.05) is 39.7 Å². The average Bonchev–Trinajstić information content (AvgIpc) is 3.59. The molecule has 2 saturated carbocycles. The first-order chi connectivity index (χ1) is 23.3. The van der Waals surface area contributed by atoms with Crippen molar-refractivity contribution in [2.45, 2.75) is 129 Å². The molecule has 3 aliphatic rings. The molecular formula is C39H58N6O3Si. The second-order valence-electron chi connectivity index (χ2n) is 16.7. The van der Waals surface area contributed by atoms with Crippen LogP contribution in [0.1, 0.15) is 125 Å². The van der Waals surface area contributed by atoms with E-state index in [1.54, 1.807) is 10.8 Å². The normalized spacial score (nSPS) is 21.8. The van der Waals surface area contributed by atoms with Gasteiger partial charge in [0.2, 0.25) is 5.95 Å². The second kappa shape index (κ2) is 14.7. The summed E-state index contributed by atoms with van der Waals surface area (Å²) >= 11 is 0. The van der Waals surface area contributed by atoms with Gasteiger partial charge in [-0.25, -0.2) is 9.97 Å². The molecule has 3 aromatic rings. The van der Waals surface area contributed by atoms with Gasteiger partial charge in [0.15, 0.2) is 14.1 Å². The molecule has 0 atom stereocenters. The van der Waals surface area contributed by atoms with Crippen LogP contribution in [-0.4, -0.2) is 64.8 Å². The summed E-state index contributed by atoms with van der Waals surface area (Å²) < 4.78 is 8.31. The topological polar surface area (TPSA) is 102 Å². The van der Waals surface area contributed by atoms with Crippen LogP contribution in [0.5, 0.6) is 0 Å². The smallest absolute Gasteiger partial charge is 0.263 e. The lowest BCUT2D eigenvalue weighted by Gasteiger charge is -2.39. The molecule has 0 radical (unpaired) electrons. The van der Waals surface area contributed by atoms with Gasteiger partial charge in [0, 0.05) is 37.0 Å². The predicted molar refractivity (Wildman–Crippen MR) is 201 cm³/mol. The first kappa shape index (κ1) is 35.9. The lowest BCUT2D eigenvalue weighted by molar-refractivity contribution is 0.101. The van der Waals surface area contributed by atoms with E-state index in [2.05, 4.69) is 55.1 Å². The summed E-state index contributed by atoms with van der Waals surface area (Å²) in [5.41, 5.74) is 2.53. The van der Waals surface area contributed by atoms with Crippen LogP contribution in [0.15, 0.2) is 29.3 Å². The van der Waals surface area contributed by atoms with Gasteiger partial charge in [-0.15, -0.1) is 0 Å². The number of fused-ring (bicyclic) bond motifs is 1. The van der Waals surface area contributed by atoms with Gasteiger partial charge < -0.3 is 14.6 Å². The lowest BCUT2D eigenvalue weighted by Crippen LogP contribution is -2.42. The summed E-state index contributed by atoms with van der Waals surface area (Å²) in [5.74, 6) is 2.94. The zero-order valence-corrected chi connectivity index (χ0v) is 32.0. The minimum Gasteiger partial charge on any atom is -0.417 e. The quantitative estimate of drug-likeness (QED) is 0.167. The third-order valence-corrected chi connectivity index (χ3v) is 16.8. The van der Waals surface area contributed by atoms with Crippen molar-refractivity contribution < 1.29 is 9.22 Å². The molecule has 0 spiro atoms. The molecule has 6 rings (SSSR count). The van der Waals surface area contributed by atoms with Crippen molar-refractivity contribution in [3.63, 3.8) is 0 Å². The van der Waals surface area contributed by atoms with E-state index < -0.39 is 8.32 Å². The van der Waals surface area contributed by atoms with Crippen molar-refractivity contribution in [2.75, 3.05) is 31.6 Å². The number of aryl methyl sites for hydroxylation is 1. The van der Waals surface area contributed by atoms with E-state index in [4.69, 9.17) is 14.4 Å². The molecule has 2 aliphatic carbocycles. The lowest BCUT2D eigenvalue weighted by atomic mass is 9.81. The molecule has 9 nitrogen and oxygen atoms in total. The molecule has 0 unspecified atom stereocenters. The summed E-state index contributed by atoms with van der Waals surface area (Å²) in [6.07, 6.45) is 15.3. The van der Waals surface area contributed by atoms with Gasteiger partial charge in [0.05, 0.1) is 5.56 Å². The van der Waals surface area contributed by atoms with Crippen molar-refractivity contribution in [2.24, 2.45) is 11.8 Å². The number of nitrogens with zero attached hydrogens (tertiary/aromatic N) is 5. The molecule has 1 N–H and O–H groups in total. The van der Waals surface area contributed by atoms with Gasteiger partial charge in [-0.05, 0) is 131 Å². The van der Waals surface area contributed by atoms with E-state index in [1.165, 1.54) is 44.7 Å². The van der Waals surface area contributed by atoms with E-state index in [0.29, 0.717) is 28.9 Å². The Bertz CT molecular complexity index is 1680. The van der Waals surface area contributed by atoms with Crippen LogP contribution < -0.4 is 10.9 Å². The summed E-state index contributed by atoms with van der Waals surface area (Å²) in [6.45, 7) is 19.5. The molecule has 3 aromatic heterocycles. The monoisotopic (exact) mass is 686 g/mol. The summed E-state index contributed by atoms with van der Waals surface area (Å²) in [7, 11) is -1.66. The number of hydrogen-bond acceptors (Lipinski definition) is 8. The second-order valence-corrected chi connectivity index (χ2v) is 21.5. The number of hydrogen-bond donors (Lipinski definition) is 1. The highest BCUT2D eigenvalue weighted by atomic mass is 28.4. The van der Waals surface area contributed by atoms with Crippen molar-refractivity contribution in [3.05, 3.63) is 51.6 Å². The SMILES string of the molecule is CC(=O)c1c(C)c2cnc(Nc3ccc(C4CCN(CC5CCC(CO[Si](C)(C)C(C)(C)C)CC5)CC4)cn3)nc2n(C2CCCC2)c1=O. The maximum Gasteiger partial charge on any atom is 0.263 e. The van der Waals surface area contributed by atoms with E-state index in [1.807, 2.05) is 19.2 Å². The number of piperidine rings is 1.